The minimum Gasteiger partial charge on any atom is -0.481 e. The van der Waals surface area contributed by atoms with Crippen molar-refractivity contribution in [1.82, 2.24) is 9.97 Å². The van der Waals surface area contributed by atoms with E-state index >= 15 is 0 Å². The van der Waals surface area contributed by atoms with Gasteiger partial charge in [-0.05, 0) is 12.5 Å². The van der Waals surface area contributed by atoms with Gasteiger partial charge < -0.3 is 5.11 Å². The fourth-order valence-corrected chi connectivity index (χ4v) is 1.26. The van der Waals surface area contributed by atoms with E-state index < -0.39 is 5.97 Å². The molecule has 12 heavy (non-hydrogen) atoms. The maximum Gasteiger partial charge on any atom is 0.307 e. The zero-order chi connectivity index (χ0) is 8.55. The molecule has 1 heterocycles. The fourth-order valence-electron chi connectivity index (χ4n) is 1.26. The Morgan fingerprint density at radius 2 is 2.17 bits per heavy atom. The van der Waals surface area contributed by atoms with Crippen molar-refractivity contribution < 1.29 is 9.90 Å². The number of carboxylic acid groups (broad SMARTS) is 1. The highest BCUT2D eigenvalue weighted by Gasteiger charge is 2.46. The van der Waals surface area contributed by atoms with Crippen molar-refractivity contribution in [1.29, 1.82) is 0 Å². The van der Waals surface area contributed by atoms with Gasteiger partial charge in [0.2, 0.25) is 0 Å². The van der Waals surface area contributed by atoms with Crippen molar-refractivity contribution in [3.8, 4) is 0 Å². The topological polar surface area (TPSA) is 63.1 Å². The monoisotopic (exact) mass is 164 g/mol. The molecule has 2 atom stereocenters. The van der Waals surface area contributed by atoms with E-state index in [1.807, 2.05) is 0 Å². The van der Waals surface area contributed by atoms with Crippen LogP contribution in [0.1, 0.15) is 18.2 Å². The molecular weight excluding hydrogens is 156 g/mol. The first kappa shape index (κ1) is 7.21. The van der Waals surface area contributed by atoms with E-state index in [-0.39, 0.29) is 11.8 Å². The smallest absolute Gasteiger partial charge is 0.307 e. The Morgan fingerprint density at radius 3 is 2.67 bits per heavy atom. The standard InChI is InChI=1S/C8H8N2O2/c11-8(12)6-4-5(6)7-9-2-1-3-10-7/h1-3,5-6H,4H2,(H,11,12). The van der Waals surface area contributed by atoms with E-state index in [1.165, 1.54) is 0 Å². The lowest BCUT2D eigenvalue weighted by Crippen LogP contribution is -2.00. The first-order chi connectivity index (χ1) is 5.79. The minimum absolute atomic E-state index is 0.0451. The molecule has 1 aromatic rings. The quantitative estimate of drug-likeness (QED) is 0.697. The van der Waals surface area contributed by atoms with Crippen LogP contribution in [0.5, 0.6) is 0 Å². The zero-order valence-electron chi connectivity index (χ0n) is 6.34. The Morgan fingerprint density at radius 1 is 1.50 bits per heavy atom. The predicted molar refractivity (Wildman–Crippen MR) is 40.5 cm³/mol. The summed E-state index contributed by atoms with van der Waals surface area (Å²) in [4.78, 5) is 18.5. The van der Waals surface area contributed by atoms with Crippen LogP contribution < -0.4 is 0 Å². The Bertz CT molecular complexity index is 299. The van der Waals surface area contributed by atoms with Gasteiger partial charge in [0.25, 0.3) is 0 Å². The minimum atomic E-state index is -0.743. The van der Waals surface area contributed by atoms with Crippen LogP contribution in [-0.4, -0.2) is 21.0 Å². The van der Waals surface area contributed by atoms with Gasteiger partial charge in [-0.15, -0.1) is 0 Å². The molecule has 1 aliphatic carbocycles. The van der Waals surface area contributed by atoms with E-state index in [9.17, 15) is 4.79 Å². The van der Waals surface area contributed by atoms with Gasteiger partial charge in [-0.25, -0.2) is 9.97 Å². The number of aromatic nitrogens is 2. The molecule has 0 radical (unpaired) electrons. The van der Waals surface area contributed by atoms with Crippen molar-refractivity contribution >= 4 is 5.97 Å². The van der Waals surface area contributed by atoms with Crippen LogP contribution in [0.4, 0.5) is 0 Å². The van der Waals surface area contributed by atoms with Gasteiger partial charge in [-0.2, -0.15) is 0 Å². The molecule has 2 unspecified atom stereocenters. The molecule has 0 aromatic carbocycles. The second-order valence-electron chi connectivity index (χ2n) is 2.89. The van der Waals surface area contributed by atoms with Crippen LogP contribution in [0, 0.1) is 5.92 Å². The second-order valence-corrected chi connectivity index (χ2v) is 2.89. The molecule has 0 amide bonds. The molecule has 1 saturated carbocycles. The van der Waals surface area contributed by atoms with Crippen molar-refractivity contribution in [2.24, 2.45) is 5.92 Å². The van der Waals surface area contributed by atoms with Gasteiger partial charge in [-0.1, -0.05) is 0 Å². The molecule has 1 aromatic heterocycles. The van der Waals surface area contributed by atoms with E-state index in [0.717, 1.165) is 0 Å². The van der Waals surface area contributed by atoms with Gasteiger partial charge in [0.05, 0.1) is 5.92 Å². The summed E-state index contributed by atoms with van der Waals surface area (Å²) in [6.07, 6.45) is 3.96. The van der Waals surface area contributed by atoms with Crippen LogP contribution in [0.3, 0.4) is 0 Å². The number of aliphatic carboxylic acids is 1. The molecule has 1 N–H and O–H groups in total. The number of nitrogens with zero attached hydrogens (tertiary/aromatic N) is 2. The fraction of sp³-hybridized carbons (Fsp3) is 0.375. The summed E-state index contributed by atoms with van der Waals surface area (Å²) in [7, 11) is 0. The summed E-state index contributed by atoms with van der Waals surface area (Å²) in [6.45, 7) is 0. The van der Waals surface area contributed by atoms with Gasteiger partial charge in [0.1, 0.15) is 5.82 Å². The maximum atomic E-state index is 10.5. The first-order valence-corrected chi connectivity index (χ1v) is 3.79. The third-order valence-corrected chi connectivity index (χ3v) is 2.03. The number of carboxylic acids is 1. The molecule has 0 saturated heterocycles. The highest BCUT2D eigenvalue weighted by Crippen LogP contribution is 2.45. The van der Waals surface area contributed by atoms with E-state index in [4.69, 9.17) is 5.11 Å². The highest BCUT2D eigenvalue weighted by molar-refractivity contribution is 5.74. The SMILES string of the molecule is O=C(O)C1CC1c1ncccn1. The van der Waals surface area contributed by atoms with Crippen molar-refractivity contribution in [2.75, 3.05) is 0 Å². The lowest BCUT2D eigenvalue weighted by atomic mass is 10.3. The first-order valence-electron chi connectivity index (χ1n) is 3.79. The molecule has 1 aliphatic rings. The molecule has 1 fully saturated rings. The van der Waals surface area contributed by atoms with E-state index in [1.54, 1.807) is 18.5 Å². The van der Waals surface area contributed by atoms with Gasteiger partial charge >= 0.3 is 5.97 Å². The number of hydrogen-bond acceptors (Lipinski definition) is 3. The Balaban J connectivity index is 2.11. The predicted octanol–water partition coefficient (Wildman–Crippen LogP) is 0.665. The Labute approximate surface area is 69.3 Å². The summed E-state index contributed by atoms with van der Waals surface area (Å²) in [5, 5.41) is 8.63. The second kappa shape index (κ2) is 2.55. The molecule has 0 aliphatic heterocycles. The molecule has 62 valence electrons. The summed E-state index contributed by atoms with van der Waals surface area (Å²) in [5.74, 6) is -0.298. The summed E-state index contributed by atoms with van der Waals surface area (Å²) < 4.78 is 0. The summed E-state index contributed by atoms with van der Waals surface area (Å²) in [6, 6.07) is 1.72. The normalized spacial score (nSPS) is 26.7. The van der Waals surface area contributed by atoms with Gasteiger partial charge in [-0.3, -0.25) is 4.79 Å². The average molecular weight is 164 g/mol. The lowest BCUT2D eigenvalue weighted by Gasteiger charge is -1.93. The van der Waals surface area contributed by atoms with Crippen LogP contribution >= 0.6 is 0 Å². The van der Waals surface area contributed by atoms with E-state index in [2.05, 4.69) is 9.97 Å². The van der Waals surface area contributed by atoms with Gasteiger partial charge in [0, 0.05) is 18.3 Å². The largest absolute Gasteiger partial charge is 0.481 e. The number of rotatable bonds is 2. The highest BCUT2D eigenvalue weighted by atomic mass is 16.4. The molecular formula is C8H8N2O2. The van der Waals surface area contributed by atoms with Crippen LogP contribution in [-0.2, 0) is 4.79 Å². The average Bonchev–Trinajstić information content (AvgIpc) is 2.84. The molecule has 2 rings (SSSR count). The number of carbonyl (C=O) groups is 1. The lowest BCUT2D eigenvalue weighted by molar-refractivity contribution is -0.138. The van der Waals surface area contributed by atoms with Crippen LogP contribution in [0.15, 0.2) is 18.5 Å². The number of hydrogen-bond donors (Lipinski definition) is 1. The third kappa shape index (κ3) is 1.15. The van der Waals surface area contributed by atoms with Crippen molar-refractivity contribution in [3.05, 3.63) is 24.3 Å². The zero-order valence-corrected chi connectivity index (χ0v) is 6.34. The maximum absolute atomic E-state index is 10.5. The van der Waals surface area contributed by atoms with Crippen LogP contribution in [0.25, 0.3) is 0 Å². The van der Waals surface area contributed by atoms with Crippen molar-refractivity contribution in [2.45, 2.75) is 12.3 Å². The van der Waals surface area contributed by atoms with E-state index in [0.29, 0.717) is 12.2 Å². The molecule has 4 nitrogen and oxygen atoms in total. The summed E-state index contributed by atoms with van der Waals surface area (Å²) >= 11 is 0. The molecule has 4 heteroatoms. The van der Waals surface area contributed by atoms with Gasteiger partial charge in [0.15, 0.2) is 0 Å². The Kier molecular flexibility index (Phi) is 1.53. The molecule has 0 spiro atoms. The third-order valence-electron chi connectivity index (χ3n) is 2.03. The Hall–Kier alpha value is -1.45. The molecule has 0 bridgehead atoms. The van der Waals surface area contributed by atoms with Crippen LogP contribution in [0.2, 0.25) is 0 Å². The summed E-state index contributed by atoms with van der Waals surface area (Å²) in [5.41, 5.74) is 0. The van der Waals surface area contributed by atoms with Crippen molar-refractivity contribution in [3.63, 3.8) is 0 Å².